The van der Waals surface area contributed by atoms with E-state index in [9.17, 15) is 4.79 Å². The molecule has 0 radical (unpaired) electrons. The highest BCUT2D eigenvalue weighted by molar-refractivity contribution is 5.69. The molecule has 0 aliphatic heterocycles. The van der Waals surface area contributed by atoms with Gasteiger partial charge in [-0.15, -0.1) is 5.10 Å². The number of aryl methyl sites for hydroxylation is 1. The van der Waals surface area contributed by atoms with E-state index >= 15 is 0 Å². The molecule has 1 rings (SSSR count). The van der Waals surface area contributed by atoms with E-state index < -0.39 is 0 Å². The van der Waals surface area contributed by atoms with Crippen molar-refractivity contribution >= 4 is 5.97 Å². The van der Waals surface area contributed by atoms with E-state index in [0.717, 1.165) is 31.8 Å². The summed E-state index contributed by atoms with van der Waals surface area (Å²) in [6, 6.07) is 0. The van der Waals surface area contributed by atoms with E-state index in [4.69, 9.17) is 0 Å². The first-order valence-corrected chi connectivity index (χ1v) is 6.75. The summed E-state index contributed by atoms with van der Waals surface area (Å²) in [7, 11) is 1.41. The van der Waals surface area contributed by atoms with Gasteiger partial charge in [0.1, 0.15) is 0 Å². The summed E-state index contributed by atoms with van der Waals surface area (Å²) in [4.78, 5) is 13.3. The number of hydrogen-bond donors (Lipinski definition) is 0. The molecule has 0 aliphatic carbocycles. The lowest BCUT2D eigenvalue weighted by molar-refractivity contribution is -0.141. The maximum absolute atomic E-state index is 11.1. The number of unbranched alkanes of at least 4 members (excludes halogenated alkanes) is 1. The summed E-state index contributed by atoms with van der Waals surface area (Å²) >= 11 is 0. The van der Waals surface area contributed by atoms with Crippen molar-refractivity contribution in [2.24, 2.45) is 0 Å². The van der Waals surface area contributed by atoms with Crippen molar-refractivity contribution in [1.82, 2.24) is 25.1 Å². The molecule has 19 heavy (non-hydrogen) atoms. The second-order valence-corrected chi connectivity index (χ2v) is 4.37. The molecule has 0 saturated carbocycles. The van der Waals surface area contributed by atoms with Gasteiger partial charge in [0.15, 0.2) is 5.82 Å². The molecule has 1 aromatic heterocycles. The minimum Gasteiger partial charge on any atom is -0.469 e. The van der Waals surface area contributed by atoms with Crippen LogP contribution in [-0.2, 0) is 22.6 Å². The Kier molecular flexibility index (Phi) is 7.02. The molecule has 1 heterocycles. The highest BCUT2D eigenvalue weighted by atomic mass is 16.5. The SMILES string of the molecule is CCCCn1nnnc1CN(CC)CCC(=O)OC. The van der Waals surface area contributed by atoms with Crippen molar-refractivity contribution in [1.29, 1.82) is 0 Å². The van der Waals surface area contributed by atoms with Gasteiger partial charge < -0.3 is 4.74 Å². The van der Waals surface area contributed by atoms with E-state index in [1.165, 1.54) is 7.11 Å². The predicted octanol–water partition coefficient (Wildman–Crippen LogP) is 0.858. The van der Waals surface area contributed by atoms with Crippen molar-refractivity contribution in [3.05, 3.63) is 5.82 Å². The minimum absolute atomic E-state index is 0.191. The Balaban J connectivity index is 2.50. The molecule has 0 aliphatic rings. The number of carbonyl (C=O) groups is 1. The number of hydrogen-bond acceptors (Lipinski definition) is 6. The van der Waals surface area contributed by atoms with Crippen LogP contribution in [0, 0.1) is 0 Å². The van der Waals surface area contributed by atoms with Gasteiger partial charge in [0.25, 0.3) is 0 Å². The van der Waals surface area contributed by atoms with Crippen LogP contribution < -0.4 is 0 Å². The van der Waals surface area contributed by atoms with Crippen molar-refractivity contribution < 1.29 is 9.53 Å². The third-order valence-corrected chi connectivity index (χ3v) is 3.00. The molecule has 108 valence electrons. The van der Waals surface area contributed by atoms with Crippen LogP contribution in [0.4, 0.5) is 0 Å². The third kappa shape index (κ3) is 5.34. The fourth-order valence-electron chi connectivity index (χ4n) is 1.72. The number of rotatable bonds is 9. The molecule has 0 N–H and O–H groups in total. The maximum atomic E-state index is 11.1. The molecule has 0 atom stereocenters. The fraction of sp³-hybridized carbons (Fsp3) is 0.833. The van der Waals surface area contributed by atoms with Gasteiger partial charge in [-0.2, -0.15) is 0 Å². The van der Waals surface area contributed by atoms with Gasteiger partial charge in [-0.05, 0) is 23.4 Å². The van der Waals surface area contributed by atoms with E-state index in [0.29, 0.717) is 19.5 Å². The normalized spacial score (nSPS) is 10.9. The molecule has 0 spiro atoms. The first-order valence-electron chi connectivity index (χ1n) is 6.75. The number of ether oxygens (including phenoxy) is 1. The van der Waals surface area contributed by atoms with Crippen LogP contribution in [0.2, 0.25) is 0 Å². The lowest BCUT2D eigenvalue weighted by Gasteiger charge is -2.18. The molecule has 0 aromatic carbocycles. The third-order valence-electron chi connectivity index (χ3n) is 3.00. The average molecular weight is 269 g/mol. The van der Waals surface area contributed by atoms with Crippen molar-refractivity contribution in [2.45, 2.75) is 46.2 Å². The first kappa shape index (κ1) is 15.6. The summed E-state index contributed by atoms with van der Waals surface area (Å²) in [5.74, 6) is 0.657. The Hall–Kier alpha value is -1.50. The van der Waals surface area contributed by atoms with Gasteiger partial charge in [0.05, 0.1) is 20.1 Å². The molecule has 1 aromatic rings. The lowest BCUT2D eigenvalue weighted by Crippen LogP contribution is -2.27. The zero-order valence-corrected chi connectivity index (χ0v) is 12.0. The fourth-order valence-corrected chi connectivity index (χ4v) is 1.72. The molecule has 0 unspecified atom stereocenters. The Labute approximate surface area is 113 Å². The second kappa shape index (κ2) is 8.58. The van der Waals surface area contributed by atoms with Crippen LogP contribution in [0.3, 0.4) is 0 Å². The molecule has 0 amide bonds. The van der Waals surface area contributed by atoms with Crippen LogP contribution in [0.15, 0.2) is 0 Å². The Morgan fingerprint density at radius 3 is 2.84 bits per heavy atom. The van der Waals surface area contributed by atoms with Crippen LogP contribution in [0.1, 0.15) is 38.9 Å². The number of tetrazole rings is 1. The van der Waals surface area contributed by atoms with E-state index in [-0.39, 0.29) is 5.97 Å². The Morgan fingerprint density at radius 2 is 2.21 bits per heavy atom. The molecule has 7 heteroatoms. The summed E-state index contributed by atoms with van der Waals surface area (Å²) < 4.78 is 6.48. The molecule has 0 saturated heterocycles. The molecule has 0 bridgehead atoms. The highest BCUT2D eigenvalue weighted by Gasteiger charge is 2.12. The predicted molar refractivity (Wildman–Crippen MR) is 70.3 cm³/mol. The molecular weight excluding hydrogens is 246 g/mol. The van der Waals surface area contributed by atoms with Gasteiger partial charge in [-0.25, -0.2) is 4.68 Å². The van der Waals surface area contributed by atoms with Crippen molar-refractivity contribution in [3.63, 3.8) is 0 Å². The Morgan fingerprint density at radius 1 is 1.42 bits per heavy atom. The van der Waals surface area contributed by atoms with Crippen molar-refractivity contribution in [2.75, 3.05) is 20.2 Å². The monoisotopic (exact) mass is 269 g/mol. The van der Waals surface area contributed by atoms with Crippen molar-refractivity contribution in [3.8, 4) is 0 Å². The first-order chi connectivity index (χ1) is 9.21. The highest BCUT2D eigenvalue weighted by Crippen LogP contribution is 2.03. The van der Waals surface area contributed by atoms with Gasteiger partial charge >= 0.3 is 5.97 Å². The quantitative estimate of drug-likeness (QED) is 0.619. The van der Waals surface area contributed by atoms with Gasteiger partial charge in [0.2, 0.25) is 0 Å². The average Bonchev–Trinajstić information content (AvgIpc) is 2.87. The number of esters is 1. The maximum Gasteiger partial charge on any atom is 0.306 e. The van der Waals surface area contributed by atoms with Crippen LogP contribution in [-0.4, -0.2) is 51.3 Å². The van der Waals surface area contributed by atoms with Gasteiger partial charge in [-0.1, -0.05) is 20.3 Å². The molecule has 7 nitrogen and oxygen atoms in total. The lowest BCUT2D eigenvalue weighted by atomic mass is 10.3. The number of carbonyl (C=O) groups excluding carboxylic acids is 1. The zero-order chi connectivity index (χ0) is 14.1. The smallest absolute Gasteiger partial charge is 0.306 e. The van der Waals surface area contributed by atoms with E-state index in [1.807, 2.05) is 4.68 Å². The number of methoxy groups -OCH3 is 1. The minimum atomic E-state index is -0.191. The second-order valence-electron chi connectivity index (χ2n) is 4.37. The Bertz CT molecular complexity index is 380. The molecule has 0 fully saturated rings. The number of aromatic nitrogens is 4. The topological polar surface area (TPSA) is 73.1 Å². The van der Waals surface area contributed by atoms with E-state index in [2.05, 4.69) is 39.0 Å². The summed E-state index contributed by atoms with van der Waals surface area (Å²) in [5.41, 5.74) is 0. The van der Waals surface area contributed by atoms with Crippen LogP contribution >= 0.6 is 0 Å². The molecular formula is C12H23N5O2. The van der Waals surface area contributed by atoms with Crippen LogP contribution in [0.5, 0.6) is 0 Å². The van der Waals surface area contributed by atoms with Gasteiger partial charge in [-0.3, -0.25) is 9.69 Å². The van der Waals surface area contributed by atoms with Gasteiger partial charge in [0, 0.05) is 13.1 Å². The van der Waals surface area contributed by atoms with E-state index in [1.54, 1.807) is 0 Å². The summed E-state index contributed by atoms with van der Waals surface area (Å²) in [6.07, 6.45) is 2.56. The zero-order valence-electron chi connectivity index (χ0n) is 12.0. The summed E-state index contributed by atoms with van der Waals surface area (Å²) in [6.45, 7) is 7.19. The largest absolute Gasteiger partial charge is 0.469 e. The standard InChI is InChI=1S/C12H23N5O2/c1-4-6-8-17-11(13-14-15-17)10-16(5-2)9-7-12(18)19-3/h4-10H2,1-3H3. The number of nitrogens with zero attached hydrogens (tertiary/aromatic N) is 5. The summed E-state index contributed by atoms with van der Waals surface area (Å²) in [5, 5.41) is 11.8. The van der Waals surface area contributed by atoms with Crippen LogP contribution in [0.25, 0.3) is 0 Å².